The summed E-state index contributed by atoms with van der Waals surface area (Å²) < 4.78 is 0. The van der Waals surface area contributed by atoms with E-state index in [2.05, 4.69) is 127 Å². The van der Waals surface area contributed by atoms with E-state index in [-0.39, 0.29) is 0 Å². The van der Waals surface area contributed by atoms with E-state index in [0.717, 1.165) is 58.9 Å². The lowest BCUT2D eigenvalue weighted by atomic mass is 9.82. The third-order valence-corrected chi connectivity index (χ3v) is 9.83. The van der Waals surface area contributed by atoms with Crippen molar-refractivity contribution in [3.8, 4) is 45.2 Å². The molecule has 5 aromatic carbocycles. The normalized spacial score (nSPS) is 15.1. The fourth-order valence-electron chi connectivity index (χ4n) is 7.55. The first-order valence-corrected chi connectivity index (χ1v) is 16.6. The van der Waals surface area contributed by atoms with Crippen LogP contribution in [0.2, 0.25) is 0 Å². The molecule has 3 heteroatoms. The largest absolute Gasteiger partial charge is 0.256 e. The molecular formula is C44H33N3. The van der Waals surface area contributed by atoms with E-state index >= 15 is 0 Å². The van der Waals surface area contributed by atoms with Crippen molar-refractivity contribution in [1.82, 2.24) is 15.0 Å². The summed E-state index contributed by atoms with van der Waals surface area (Å²) in [6, 6.07) is 39.0. The smallest absolute Gasteiger partial charge is 0.160 e. The quantitative estimate of drug-likeness (QED) is 0.201. The van der Waals surface area contributed by atoms with Gasteiger partial charge in [0.25, 0.3) is 0 Å². The molecular weight excluding hydrogens is 571 g/mol. The van der Waals surface area contributed by atoms with Gasteiger partial charge in [-0.05, 0) is 99.3 Å². The van der Waals surface area contributed by atoms with Gasteiger partial charge in [0.2, 0.25) is 0 Å². The summed E-state index contributed by atoms with van der Waals surface area (Å²) in [7, 11) is 0. The second-order valence-electron chi connectivity index (χ2n) is 12.7. The zero-order valence-corrected chi connectivity index (χ0v) is 26.3. The predicted molar refractivity (Wildman–Crippen MR) is 196 cm³/mol. The number of fused-ring (bicyclic) bond motifs is 6. The molecule has 224 valence electrons. The average Bonchev–Trinajstić information content (AvgIpc) is 3.14. The summed E-state index contributed by atoms with van der Waals surface area (Å²) in [4.78, 5) is 15.2. The first kappa shape index (κ1) is 27.6. The Balaban J connectivity index is 1.30. The van der Waals surface area contributed by atoms with Crippen molar-refractivity contribution in [2.75, 3.05) is 0 Å². The summed E-state index contributed by atoms with van der Waals surface area (Å²) in [6.45, 7) is 2.33. The second kappa shape index (κ2) is 11.3. The van der Waals surface area contributed by atoms with Gasteiger partial charge in [0.1, 0.15) is 0 Å². The zero-order valence-electron chi connectivity index (χ0n) is 26.3. The molecule has 2 aliphatic rings. The molecule has 2 aliphatic carbocycles. The first-order valence-electron chi connectivity index (χ1n) is 16.6. The van der Waals surface area contributed by atoms with E-state index in [1.165, 1.54) is 49.4 Å². The van der Waals surface area contributed by atoms with Crippen molar-refractivity contribution in [2.24, 2.45) is 0 Å². The lowest BCUT2D eigenvalue weighted by Gasteiger charge is -2.23. The maximum atomic E-state index is 5.33. The van der Waals surface area contributed by atoms with Crippen LogP contribution in [0.1, 0.15) is 47.9 Å². The topological polar surface area (TPSA) is 38.7 Å². The number of aromatic nitrogens is 3. The number of hydrogen-bond acceptors (Lipinski definition) is 3. The van der Waals surface area contributed by atoms with Gasteiger partial charge in [-0.1, -0.05) is 110 Å². The number of benzene rings is 5. The average molecular weight is 604 g/mol. The third-order valence-electron chi connectivity index (χ3n) is 9.83. The van der Waals surface area contributed by atoms with E-state index in [0.29, 0.717) is 5.92 Å². The van der Waals surface area contributed by atoms with Gasteiger partial charge in [0, 0.05) is 28.5 Å². The highest BCUT2D eigenvalue weighted by Crippen LogP contribution is 2.42. The molecule has 1 unspecified atom stereocenters. The van der Waals surface area contributed by atoms with E-state index in [1.807, 2.05) is 24.4 Å². The van der Waals surface area contributed by atoms with Crippen LogP contribution < -0.4 is 0 Å². The Bertz CT molecular complexity index is 2380. The Kier molecular flexibility index (Phi) is 6.64. The maximum absolute atomic E-state index is 5.33. The van der Waals surface area contributed by atoms with Crippen molar-refractivity contribution >= 4 is 33.7 Å². The summed E-state index contributed by atoms with van der Waals surface area (Å²) >= 11 is 0. The minimum absolute atomic E-state index is 0.472. The van der Waals surface area contributed by atoms with Gasteiger partial charge in [-0.25, -0.2) is 9.97 Å². The Morgan fingerprint density at radius 1 is 0.617 bits per heavy atom. The van der Waals surface area contributed by atoms with Gasteiger partial charge in [0.05, 0.1) is 17.1 Å². The van der Waals surface area contributed by atoms with Gasteiger partial charge in [-0.3, -0.25) is 4.98 Å². The number of rotatable bonds is 4. The second-order valence-corrected chi connectivity index (χ2v) is 12.7. The van der Waals surface area contributed by atoms with Gasteiger partial charge < -0.3 is 0 Å². The highest BCUT2D eigenvalue weighted by molar-refractivity contribution is 6.02. The molecule has 2 aromatic heterocycles. The van der Waals surface area contributed by atoms with Crippen LogP contribution in [0.15, 0.2) is 128 Å². The molecule has 2 heterocycles. The fraction of sp³-hybridized carbons (Fsp3) is 0.114. The molecule has 0 amide bonds. The Morgan fingerprint density at radius 2 is 1.36 bits per heavy atom. The van der Waals surface area contributed by atoms with Crippen molar-refractivity contribution in [3.63, 3.8) is 0 Å². The Hall–Kier alpha value is -5.67. The van der Waals surface area contributed by atoms with E-state index < -0.39 is 0 Å². The zero-order chi connectivity index (χ0) is 31.3. The van der Waals surface area contributed by atoms with Crippen LogP contribution in [0, 0.1) is 0 Å². The number of nitrogens with zero attached hydrogens (tertiary/aromatic N) is 3. The molecule has 0 aliphatic heterocycles. The Morgan fingerprint density at radius 3 is 2.19 bits per heavy atom. The van der Waals surface area contributed by atoms with Crippen LogP contribution in [0.5, 0.6) is 0 Å². The Labute approximate surface area is 275 Å². The van der Waals surface area contributed by atoms with Gasteiger partial charge in [0.15, 0.2) is 5.82 Å². The monoisotopic (exact) mass is 603 g/mol. The highest BCUT2D eigenvalue weighted by Gasteiger charge is 2.22. The minimum Gasteiger partial charge on any atom is -0.256 e. The molecule has 0 saturated heterocycles. The summed E-state index contributed by atoms with van der Waals surface area (Å²) in [5, 5.41) is 5.07. The third kappa shape index (κ3) is 4.78. The molecule has 0 fully saturated rings. The van der Waals surface area contributed by atoms with Crippen molar-refractivity contribution < 1.29 is 0 Å². The van der Waals surface area contributed by atoms with Gasteiger partial charge in [-0.2, -0.15) is 0 Å². The maximum Gasteiger partial charge on any atom is 0.160 e. The molecule has 1 atom stereocenters. The van der Waals surface area contributed by atoms with E-state index in [9.17, 15) is 0 Å². The molecule has 47 heavy (non-hydrogen) atoms. The van der Waals surface area contributed by atoms with Crippen molar-refractivity contribution in [3.05, 3.63) is 150 Å². The lowest BCUT2D eigenvalue weighted by molar-refractivity contribution is 0.779. The summed E-state index contributed by atoms with van der Waals surface area (Å²) in [5.41, 5.74) is 12.6. The van der Waals surface area contributed by atoms with Gasteiger partial charge in [-0.15, -0.1) is 0 Å². The number of hydrogen-bond donors (Lipinski definition) is 0. The van der Waals surface area contributed by atoms with Gasteiger partial charge >= 0.3 is 0 Å². The lowest BCUT2D eigenvalue weighted by Crippen LogP contribution is -2.04. The summed E-state index contributed by atoms with van der Waals surface area (Å²) in [6.07, 6.45) is 14.1. The summed E-state index contributed by atoms with van der Waals surface area (Å²) in [5.74, 6) is 1.20. The van der Waals surface area contributed by atoms with Crippen LogP contribution in [-0.4, -0.2) is 15.0 Å². The fourth-order valence-corrected chi connectivity index (χ4v) is 7.55. The van der Waals surface area contributed by atoms with E-state index in [1.54, 1.807) is 0 Å². The highest BCUT2D eigenvalue weighted by atomic mass is 14.9. The van der Waals surface area contributed by atoms with Crippen LogP contribution in [0.25, 0.3) is 78.9 Å². The van der Waals surface area contributed by atoms with E-state index in [4.69, 9.17) is 9.97 Å². The van der Waals surface area contributed by atoms with Crippen LogP contribution in [-0.2, 0) is 6.42 Å². The first-order chi connectivity index (χ1) is 23.2. The van der Waals surface area contributed by atoms with Crippen molar-refractivity contribution in [2.45, 2.75) is 32.1 Å². The number of allylic oxidation sites excluding steroid dienone is 2. The van der Waals surface area contributed by atoms with Crippen LogP contribution in [0.4, 0.5) is 0 Å². The number of pyridine rings is 1. The van der Waals surface area contributed by atoms with Crippen LogP contribution in [0.3, 0.4) is 0 Å². The molecule has 0 N–H and O–H groups in total. The molecule has 0 spiro atoms. The van der Waals surface area contributed by atoms with Crippen LogP contribution >= 0.6 is 0 Å². The standard InChI is InChI=1S/C44H33N3/c1-28-11-10-13-32-26-39(36-17-6-7-18-37(36)43(28)32)42-27-41(38-25-31-12-2-3-14-33(31)34-15-4-5-16-35(34)38)46-44(47-42)30-22-20-29(21-23-30)40-19-8-9-24-45-40/h2-4,6-10,12-15,17-28H,5,11,16H2,1H3. The predicted octanol–water partition coefficient (Wildman–Crippen LogP) is 11.3. The molecule has 0 radical (unpaired) electrons. The molecule has 7 aromatic rings. The minimum atomic E-state index is 0.472. The SMILES string of the molecule is CC1CC=Cc2cc(-c3cc(-c4cc5ccccc5c5c4CCC=C5)nc(-c4ccc(-c5ccccn5)cc4)n3)c3ccccc3c21. The molecule has 3 nitrogen and oxygen atoms in total. The molecule has 0 bridgehead atoms. The molecule has 0 saturated carbocycles. The van der Waals surface area contributed by atoms with Crippen molar-refractivity contribution in [1.29, 1.82) is 0 Å². The molecule has 9 rings (SSSR count).